The molecule has 0 aromatic heterocycles. The van der Waals surface area contributed by atoms with Gasteiger partial charge in [0.1, 0.15) is 23.5 Å². The first-order valence-corrected chi connectivity index (χ1v) is 16.9. The highest BCUT2D eigenvalue weighted by Gasteiger charge is 2.43. The Labute approximate surface area is 297 Å². The van der Waals surface area contributed by atoms with Crippen molar-refractivity contribution in [1.29, 1.82) is 0 Å². The van der Waals surface area contributed by atoms with Crippen LogP contribution in [0.1, 0.15) is 88.1 Å². The third-order valence-electron chi connectivity index (χ3n) is 8.27. The normalized spacial score (nSPS) is 26.6. The van der Waals surface area contributed by atoms with Crippen molar-refractivity contribution < 1.29 is 53.4 Å². The van der Waals surface area contributed by atoms with Crippen molar-refractivity contribution in [3.8, 4) is 5.75 Å². The largest absolute Gasteiger partial charge is 0.507 e. The summed E-state index contributed by atoms with van der Waals surface area (Å²) in [5.41, 5.74) is 4.59. The Morgan fingerprint density at radius 2 is 1.22 bits per heavy atom. The third-order valence-corrected chi connectivity index (χ3v) is 8.27. The molecule has 0 bridgehead atoms. The minimum Gasteiger partial charge on any atom is -0.507 e. The molecule has 1 saturated heterocycles. The Balaban J connectivity index is 0.000000230. The molecule has 5 rings (SSSR count). The van der Waals surface area contributed by atoms with Crippen molar-refractivity contribution in [1.82, 2.24) is 0 Å². The minimum atomic E-state index is -1.51. The summed E-state index contributed by atoms with van der Waals surface area (Å²) in [6.45, 7) is 9.54. The number of aliphatic hydroxyl groups is 2. The van der Waals surface area contributed by atoms with Gasteiger partial charge in [0.25, 0.3) is 0 Å². The maximum atomic E-state index is 12.5. The number of ketones is 2. The number of phenolic OH excluding ortho intramolecular Hbond substituents is 1. The Hall–Kier alpha value is -4.68. The number of carbonyl (C=O) groups excluding carboxylic acids is 4. The van der Waals surface area contributed by atoms with Crippen molar-refractivity contribution in [3.63, 3.8) is 0 Å². The summed E-state index contributed by atoms with van der Waals surface area (Å²) in [6, 6.07) is 7.10. The zero-order valence-electron chi connectivity index (χ0n) is 29.6. The summed E-state index contributed by atoms with van der Waals surface area (Å²) >= 11 is 0. The Kier molecular flexibility index (Phi) is 13.4. The van der Waals surface area contributed by atoms with Crippen LogP contribution < -0.4 is 0 Å². The van der Waals surface area contributed by atoms with Gasteiger partial charge in [0.05, 0.1) is 31.0 Å². The summed E-state index contributed by atoms with van der Waals surface area (Å²) < 4.78 is 22.2. The lowest BCUT2D eigenvalue weighted by molar-refractivity contribution is -0.152. The standard InChI is InChI=1S/C22H26O5.C18H20O6/c1-14-12-15(2)19-16(13-14)8-7-10-18-20(27-22(3,4)26-18)17(23)9-5-6-11-25-21(19)24;1-11-9-12-5-4-7-14(20)17(22)13(19)6-2-3-8-24-18(23)16(12)15(21)10-11/h5,7-9,12-13,18,20H,6,10-11H2,1-4H3;2,4-6,9-10,14,17,20-22H,3,7-8H2,1H3/b8-7+,9-5-;5-4+,6-2-/t18-,20+;14-,17+/m00/s1. The average molecular weight is 703 g/mol. The number of rotatable bonds is 0. The van der Waals surface area contributed by atoms with Crippen molar-refractivity contribution in [2.24, 2.45) is 0 Å². The predicted octanol–water partition coefficient (Wildman–Crippen LogP) is 5.42. The lowest BCUT2D eigenvalue weighted by atomic mass is 9.97. The highest BCUT2D eigenvalue weighted by molar-refractivity contribution is 5.97. The van der Waals surface area contributed by atoms with Gasteiger partial charge in [-0.25, -0.2) is 9.59 Å². The van der Waals surface area contributed by atoms with Crippen molar-refractivity contribution >= 4 is 35.7 Å². The van der Waals surface area contributed by atoms with Crippen LogP contribution in [0.4, 0.5) is 0 Å². The van der Waals surface area contributed by atoms with Gasteiger partial charge in [-0.2, -0.15) is 0 Å². The molecule has 1 fully saturated rings. The van der Waals surface area contributed by atoms with E-state index in [1.807, 2.05) is 52.0 Å². The van der Waals surface area contributed by atoms with E-state index in [0.29, 0.717) is 24.0 Å². The van der Waals surface area contributed by atoms with Gasteiger partial charge in [0.2, 0.25) is 0 Å². The first-order chi connectivity index (χ1) is 24.2. The summed E-state index contributed by atoms with van der Waals surface area (Å²) in [5.74, 6) is -2.72. The lowest BCUT2D eigenvalue weighted by Gasteiger charge is -2.16. The molecule has 0 unspecified atom stereocenters. The second-order valence-corrected chi connectivity index (χ2v) is 13.1. The number of aryl methyl sites for hydroxylation is 3. The number of phenols is 1. The molecule has 3 aliphatic heterocycles. The van der Waals surface area contributed by atoms with Crippen LogP contribution in [0.5, 0.6) is 5.75 Å². The van der Waals surface area contributed by atoms with E-state index in [4.69, 9.17) is 18.9 Å². The van der Waals surface area contributed by atoms with Gasteiger partial charge in [0, 0.05) is 0 Å². The molecule has 11 heteroatoms. The molecule has 272 valence electrons. The van der Waals surface area contributed by atoms with Crippen LogP contribution in [0.25, 0.3) is 12.2 Å². The molecular formula is C40H46O11. The first-order valence-electron chi connectivity index (χ1n) is 16.9. The lowest BCUT2D eigenvalue weighted by Crippen LogP contribution is -2.32. The van der Waals surface area contributed by atoms with Crippen LogP contribution in [0.15, 0.2) is 60.7 Å². The molecule has 11 nitrogen and oxygen atoms in total. The SMILES string of the molecule is Cc1cc(C)c2c(c1)/C=C/C[C@@H]1OC(C)(C)O[C@@H]1C(=O)/C=C\CCOC2=O.Cc1cc(O)c2c(c1)/C=C/C[C@H](O)[C@H](O)C(=O)/C=C\CCOC2=O. The van der Waals surface area contributed by atoms with E-state index in [1.165, 1.54) is 24.3 Å². The number of ether oxygens (including phenoxy) is 4. The van der Waals surface area contributed by atoms with Crippen molar-refractivity contribution in [2.75, 3.05) is 13.2 Å². The zero-order chi connectivity index (χ0) is 37.3. The van der Waals surface area contributed by atoms with Gasteiger partial charge < -0.3 is 34.3 Å². The van der Waals surface area contributed by atoms with Crippen molar-refractivity contribution in [2.45, 2.75) is 90.5 Å². The van der Waals surface area contributed by atoms with Gasteiger partial charge in [-0.05, 0) is 101 Å². The molecule has 3 heterocycles. The first kappa shape index (κ1) is 39.1. The molecule has 0 spiro atoms. The molecule has 0 radical (unpaired) electrons. The summed E-state index contributed by atoms with van der Waals surface area (Å²) in [4.78, 5) is 48.9. The number of aliphatic hydroxyl groups excluding tert-OH is 2. The van der Waals surface area contributed by atoms with E-state index >= 15 is 0 Å². The molecule has 3 N–H and O–H groups in total. The molecular weight excluding hydrogens is 656 g/mol. The Morgan fingerprint density at radius 3 is 1.86 bits per heavy atom. The highest BCUT2D eigenvalue weighted by Crippen LogP contribution is 2.32. The molecule has 2 aromatic rings. The molecule has 4 atom stereocenters. The van der Waals surface area contributed by atoms with Crippen LogP contribution in [0.3, 0.4) is 0 Å². The topological polar surface area (TPSA) is 166 Å². The second-order valence-electron chi connectivity index (χ2n) is 13.1. The quantitative estimate of drug-likeness (QED) is 0.300. The van der Waals surface area contributed by atoms with Crippen molar-refractivity contribution in [3.05, 3.63) is 99.7 Å². The number of carbonyl (C=O) groups is 4. The Bertz CT molecular complexity index is 1750. The van der Waals surface area contributed by atoms with Crippen LogP contribution in [0, 0.1) is 20.8 Å². The van der Waals surface area contributed by atoms with Crippen LogP contribution in [-0.2, 0) is 28.5 Å². The monoisotopic (exact) mass is 702 g/mol. The van der Waals surface area contributed by atoms with Crippen LogP contribution in [0.2, 0.25) is 0 Å². The highest BCUT2D eigenvalue weighted by atomic mass is 16.8. The number of hydrogen-bond acceptors (Lipinski definition) is 11. The van der Waals surface area contributed by atoms with Gasteiger partial charge in [-0.3, -0.25) is 9.59 Å². The second kappa shape index (κ2) is 17.5. The number of cyclic esters (lactones) is 2. The molecule has 51 heavy (non-hydrogen) atoms. The zero-order valence-corrected chi connectivity index (χ0v) is 29.6. The van der Waals surface area contributed by atoms with E-state index < -0.39 is 35.9 Å². The van der Waals surface area contributed by atoms with Gasteiger partial charge in [-0.15, -0.1) is 0 Å². The minimum absolute atomic E-state index is 0.0178. The number of fused-ring (bicyclic) bond motifs is 3. The van der Waals surface area contributed by atoms with E-state index in [9.17, 15) is 34.5 Å². The summed E-state index contributed by atoms with van der Waals surface area (Å²) in [7, 11) is 0. The van der Waals surface area contributed by atoms with E-state index in [2.05, 4.69) is 0 Å². The number of benzene rings is 2. The van der Waals surface area contributed by atoms with E-state index in [1.54, 1.807) is 25.1 Å². The average Bonchev–Trinajstić information content (AvgIpc) is 3.36. The predicted molar refractivity (Wildman–Crippen MR) is 190 cm³/mol. The fraction of sp³-hybridized carbons (Fsp3) is 0.400. The molecule has 0 amide bonds. The molecule has 3 aliphatic rings. The fourth-order valence-electron chi connectivity index (χ4n) is 5.97. The van der Waals surface area contributed by atoms with Crippen LogP contribution in [-0.4, -0.2) is 82.2 Å². The molecule has 0 aliphatic carbocycles. The van der Waals surface area contributed by atoms with E-state index in [0.717, 1.165) is 28.3 Å². The number of hydrogen-bond donors (Lipinski definition) is 3. The fourth-order valence-corrected chi connectivity index (χ4v) is 5.97. The van der Waals surface area contributed by atoms with Gasteiger partial charge in [0.15, 0.2) is 17.4 Å². The molecule has 0 saturated carbocycles. The smallest absolute Gasteiger partial charge is 0.342 e. The van der Waals surface area contributed by atoms with Crippen LogP contribution >= 0.6 is 0 Å². The summed E-state index contributed by atoms with van der Waals surface area (Å²) in [5, 5.41) is 29.7. The number of aromatic hydroxyl groups is 1. The Morgan fingerprint density at radius 1 is 0.667 bits per heavy atom. The van der Waals surface area contributed by atoms with E-state index in [-0.39, 0.29) is 55.2 Å². The molecule has 2 aromatic carbocycles. The summed E-state index contributed by atoms with van der Waals surface area (Å²) in [6.07, 6.45) is 10.2. The van der Waals surface area contributed by atoms with Gasteiger partial charge >= 0.3 is 11.9 Å². The van der Waals surface area contributed by atoms with Gasteiger partial charge in [-0.1, -0.05) is 60.2 Å². The third kappa shape index (κ3) is 10.7. The maximum absolute atomic E-state index is 12.5. The maximum Gasteiger partial charge on any atom is 0.342 e. The number of esters is 2.